The summed E-state index contributed by atoms with van der Waals surface area (Å²) in [6, 6.07) is 14.4. The van der Waals surface area contributed by atoms with E-state index in [1.807, 2.05) is 24.3 Å². The van der Waals surface area contributed by atoms with Crippen molar-refractivity contribution in [2.75, 3.05) is 17.1 Å². The summed E-state index contributed by atoms with van der Waals surface area (Å²) in [6.07, 6.45) is 1.09. The zero-order valence-electron chi connectivity index (χ0n) is 15.1. The summed E-state index contributed by atoms with van der Waals surface area (Å²) in [6.45, 7) is 4.07. The SMILES string of the molecule is CC(C)c1ccc(N(CC(=O)NCc2ccccc2Cl)S(C)(=O)=O)cc1. The Labute approximate surface area is 160 Å². The lowest BCUT2D eigenvalue weighted by Gasteiger charge is -2.22. The number of hydrogen-bond acceptors (Lipinski definition) is 3. The first-order valence-electron chi connectivity index (χ1n) is 8.26. The van der Waals surface area contributed by atoms with Gasteiger partial charge in [0.05, 0.1) is 11.9 Å². The Morgan fingerprint density at radius 2 is 1.73 bits per heavy atom. The summed E-state index contributed by atoms with van der Waals surface area (Å²) in [5, 5.41) is 3.27. The molecule has 1 amide bonds. The zero-order valence-corrected chi connectivity index (χ0v) is 16.6. The highest BCUT2D eigenvalue weighted by Crippen LogP contribution is 2.22. The maximum atomic E-state index is 12.3. The van der Waals surface area contributed by atoms with Crippen molar-refractivity contribution in [3.8, 4) is 0 Å². The second kappa shape index (κ2) is 8.56. The van der Waals surface area contributed by atoms with E-state index < -0.39 is 15.9 Å². The summed E-state index contributed by atoms with van der Waals surface area (Å²) in [5.74, 6) is -0.0575. The van der Waals surface area contributed by atoms with E-state index in [1.54, 1.807) is 24.3 Å². The molecule has 2 aromatic rings. The highest BCUT2D eigenvalue weighted by molar-refractivity contribution is 7.92. The summed E-state index contributed by atoms with van der Waals surface area (Å²) in [7, 11) is -3.59. The lowest BCUT2D eigenvalue weighted by molar-refractivity contribution is -0.119. The van der Waals surface area contributed by atoms with E-state index in [0.717, 1.165) is 21.7 Å². The second-order valence-electron chi connectivity index (χ2n) is 6.38. The molecule has 0 fully saturated rings. The average molecular weight is 395 g/mol. The minimum atomic E-state index is -3.59. The smallest absolute Gasteiger partial charge is 0.241 e. The number of sulfonamides is 1. The van der Waals surface area contributed by atoms with Crippen LogP contribution in [0.15, 0.2) is 48.5 Å². The van der Waals surface area contributed by atoms with Crippen molar-refractivity contribution in [3.05, 3.63) is 64.7 Å². The molecule has 5 nitrogen and oxygen atoms in total. The Kier molecular flexibility index (Phi) is 6.67. The van der Waals surface area contributed by atoms with Gasteiger partial charge in [0, 0.05) is 11.6 Å². The number of halogens is 1. The van der Waals surface area contributed by atoms with Gasteiger partial charge in [-0.3, -0.25) is 9.10 Å². The minimum Gasteiger partial charge on any atom is -0.350 e. The Morgan fingerprint density at radius 3 is 2.27 bits per heavy atom. The van der Waals surface area contributed by atoms with Crippen molar-refractivity contribution in [2.24, 2.45) is 0 Å². The van der Waals surface area contributed by atoms with Crippen LogP contribution < -0.4 is 9.62 Å². The van der Waals surface area contributed by atoms with Crippen molar-refractivity contribution < 1.29 is 13.2 Å². The largest absolute Gasteiger partial charge is 0.350 e. The second-order valence-corrected chi connectivity index (χ2v) is 8.70. The molecule has 0 saturated heterocycles. The Bertz CT molecular complexity index is 865. The van der Waals surface area contributed by atoms with Crippen molar-refractivity contribution in [1.82, 2.24) is 5.32 Å². The van der Waals surface area contributed by atoms with Gasteiger partial charge in [0.1, 0.15) is 6.54 Å². The molecule has 0 spiro atoms. The van der Waals surface area contributed by atoms with Crippen molar-refractivity contribution in [1.29, 1.82) is 0 Å². The summed E-state index contributed by atoms with van der Waals surface area (Å²) >= 11 is 6.06. The third-order valence-electron chi connectivity index (χ3n) is 3.97. The van der Waals surface area contributed by atoms with Gasteiger partial charge >= 0.3 is 0 Å². The highest BCUT2D eigenvalue weighted by atomic mass is 35.5. The number of hydrogen-bond donors (Lipinski definition) is 1. The fourth-order valence-electron chi connectivity index (χ4n) is 2.45. The monoisotopic (exact) mass is 394 g/mol. The molecule has 26 heavy (non-hydrogen) atoms. The predicted octanol–water partition coefficient (Wildman–Crippen LogP) is 3.55. The van der Waals surface area contributed by atoms with Crippen LogP contribution in [0.25, 0.3) is 0 Å². The van der Waals surface area contributed by atoms with E-state index in [0.29, 0.717) is 16.6 Å². The predicted molar refractivity (Wildman–Crippen MR) is 106 cm³/mol. The molecule has 0 aliphatic heterocycles. The zero-order chi connectivity index (χ0) is 19.3. The van der Waals surface area contributed by atoms with Crippen LogP contribution >= 0.6 is 11.6 Å². The molecular weight excluding hydrogens is 372 g/mol. The van der Waals surface area contributed by atoms with E-state index in [1.165, 1.54) is 0 Å². The number of rotatable bonds is 7. The maximum absolute atomic E-state index is 12.3. The van der Waals surface area contributed by atoms with Gasteiger partial charge < -0.3 is 5.32 Å². The Hall–Kier alpha value is -2.05. The number of carbonyl (C=O) groups excluding carboxylic acids is 1. The summed E-state index contributed by atoms with van der Waals surface area (Å²) in [5.41, 5.74) is 2.34. The van der Waals surface area contributed by atoms with Gasteiger partial charge in [-0.15, -0.1) is 0 Å². The first-order valence-corrected chi connectivity index (χ1v) is 10.5. The van der Waals surface area contributed by atoms with E-state index in [-0.39, 0.29) is 13.1 Å². The van der Waals surface area contributed by atoms with Gasteiger partial charge in [0.25, 0.3) is 0 Å². The number of anilines is 1. The molecule has 0 aliphatic carbocycles. The fourth-order valence-corrected chi connectivity index (χ4v) is 3.51. The first kappa shape index (κ1) is 20.3. The van der Waals surface area contributed by atoms with E-state index in [9.17, 15) is 13.2 Å². The highest BCUT2D eigenvalue weighted by Gasteiger charge is 2.21. The number of nitrogens with one attached hydrogen (secondary N) is 1. The topological polar surface area (TPSA) is 66.5 Å². The molecule has 0 radical (unpaired) electrons. The summed E-state index contributed by atoms with van der Waals surface area (Å²) in [4.78, 5) is 12.3. The summed E-state index contributed by atoms with van der Waals surface area (Å²) < 4.78 is 25.4. The molecule has 2 rings (SSSR count). The van der Waals surface area contributed by atoms with Crippen LogP contribution in [0.3, 0.4) is 0 Å². The molecule has 0 heterocycles. The third-order valence-corrected chi connectivity index (χ3v) is 5.48. The number of benzene rings is 2. The molecule has 0 aliphatic rings. The van der Waals surface area contributed by atoms with Gasteiger partial charge in [0.2, 0.25) is 15.9 Å². The molecule has 0 saturated carbocycles. The number of nitrogens with zero attached hydrogens (tertiary/aromatic N) is 1. The molecule has 0 atom stereocenters. The number of carbonyl (C=O) groups is 1. The van der Waals surface area contributed by atoms with Crippen LogP contribution in [0.1, 0.15) is 30.9 Å². The Morgan fingerprint density at radius 1 is 1.12 bits per heavy atom. The van der Waals surface area contributed by atoms with Gasteiger partial charge in [-0.1, -0.05) is 55.8 Å². The van der Waals surface area contributed by atoms with Crippen LogP contribution in [-0.2, 0) is 21.4 Å². The lowest BCUT2D eigenvalue weighted by Crippen LogP contribution is -2.40. The maximum Gasteiger partial charge on any atom is 0.241 e. The van der Waals surface area contributed by atoms with Crippen molar-refractivity contribution in [3.63, 3.8) is 0 Å². The molecule has 0 unspecified atom stereocenters. The van der Waals surface area contributed by atoms with Crippen LogP contribution in [0.4, 0.5) is 5.69 Å². The Balaban J connectivity index is 2.10. The van der Waals surface area contributed by atoms with Gasteiger partial charge in [-0.2, -0.15) is 0 Å². The van der Waals surface area contributed by atoms with Crippen LogP contribution in [0.2, 0.25) is 5.02 Å². The molecule has 140 valence electrons. The molecule has 0 aromatic heterocycles. The van der Waals surface area contributed by atoms with Gasteiger partial charge in [-0.25, -0.2) is 8.42 Å². The van der Waals surface area contributed by atoms with E-state index >= 15 is 0 Å². The quantitative estimate of drug-likeness (QED) is 0.780. The standard InChI is InChI=1S/C19H23ClN2O3S/c1-14(2)15-8-10-17(11-9-15)22(26(3,24)25)13-19(23)21-12-16-6-4-5-7-18(16)20/h4-11,14H,12-13H2,1-3H3,(H,21,23). The number of amides is 1. The molecule has 7 heteroatoms. The van der Waals surface area contributed by atoms with Crippen molar-refractivity contribution >= 4 is 33.2 Å². The third kappa shape index (κ3) is 5.47. The lowest BCUT2D eigenvalue weighted by atomic mass is 10.0. The minimum absolute atomic E-state index is 0.238. The molecular formula is C19H23ClN2O3S. The van der Waals surface area contributed by atoms with Crippen LogP contribution in [-0.4, -0.2) is 27.1 Å². The van der Waals surface area contributed by atoms with E-state index in [2.05, 4.69) is 19.2 Å². The van der Waals surface area contributed by atoms with Crippen LogP contribution in [0, 0.1) is 0 Å². The van der Waals surface area contributed by atoms with Crippen LogP contribution in [0.5, 0.6) is 0 Å². The van der Waals surface area contributed by atoms with Gasteiger partial charge in [0.15, 0.2) is 0 Å². The first-order chi connectivity index (χ1) is 12.2. The molecule has 0 bridgehead atoms. The molecule has 2 aromatic carbocycles. The normalized spacial score (nSPS) is 11.4. The fraction of sp³-hybridized carbons (Fsp3) is 0.316. The van der Waals surface area contributed by atoms with Gasteiger partial charge in [-0.05, 0) is 35.2 Å². The average Bonchev–Trinajstić information content (AvgIpc) is 2.58. The molecule has 1 N–H and O–H groups in total. The van der Waals surface area contributed by atoms with E-state index in [4.69, 9.17) is 11.6 Å². The van der Waals surface area contributed by atoms with Crippen molar-refractivity contribution in [2.45, 2.75) is 26.3 Å².